The van der Waals surface area contributed by atoms with Crippen LogP contribution in [0.25, 0.3) is 11.1 Å². The van der Waals surface area contributed by atoms with Gasteiger partial charge in [0.15, 0.2) is 0 Å². The summed E-state index contributed by atoms with van der Waals surface area (Å²) in [7, 11) is -0.121. The van der Waals surface area contributed by atoms with Crippen molar-refractivity contribution in [2.75, 3.05) is 19.9 Å². The van der Waals surface area contributed by atoms with Gasteiger partial charge >= 0.3 is 5.97 Å². The average molecular weight is 580 g/mol. The van der Waals surface area contributed by atoms with E-state index in [1.54, 1.807) is 43.5 Å². The molecular weight excluding hydrogens is 542 g/mol. The highest BCUT2D eigenvalue weighted by atomic mass is 28.4. The first-order valence-corrected chi connectivity index (χ1v) is 17.2. The molecule has 6 nitrogen and oxygen atoms in total. The summed E-state index contributed by atoms with van der Waals surface area (Å²) in [6, 6.07) is 32.4. The third-order valence-corrected chi connectivity index (χ3v) is 8.97. The lowest BCUT2D eigenvalue weighted by Crippen LogP contribution is -2.37. The molecule has 4 rings (SSSR count). The van der Waals surface area contributed by atoms with E-state index in [9.17, 15) is 4.79 Å². The molecule has 4 aromatic carbocycles. The molecule has 0 aliphatic carbocycles. The van der Waals surface area contributed by atoms with Gasteiger partial charge in [0, 0.05) is 7.11 Å². The third-order valence-electron chi connectivity index (χ3n) is 7.03. The van der Waals surface area contributed by atoms with E-state index in [-0.39, 0.29) is 0 Å². The van der Waals surface area contributed by atoms with Crippen molar-refractivity contribution in [3.8, 4) is 34.4 Å². The molecule has 0 radical (unpaired) electrons. The molecule has 4 aromatic rings. The van der Waals surface area contributed by atoms with Crippen LogP contribution in [-0.2, 0) is 10.8 Å². The molecule has 0 aliphatic rings. The van der Waals surface area contributed by atoms with Crippen LogP contribution in [0.3, 0.4) is 0 Å². The Bertz CT molecular complexity index is 1480. The summed E-state index contributed by atoms with van der Waals surface area (Å²) in [5, 5.41) is 8.98. The lowest BCUT2D eigenvalue weighted by atomic mass is 9.96. The van der Waals surface area contributed by atoms with Gasteiger partial charge in [-0.3, -0.25) is 0 Å². The van der Waals surface area contributed by atoms with Crippen molar-refractivity contribution in [2.45, 2.75) is 32.9 Å². The van der Waals surface area contributed by atoms with Crippen LogP contribution in [0.4, 0.5) is 0 Å². The molecule has 0 heterocycles. The average Bonchev–Trinajstić information content (AvgIpc) is 3.01. The molecule has 1 atom stereocenters. The Kier molecular flexibility index (Phi) is 10.5. The molecule has 0 bridgehead atoms. The summed E-state index contributed by atoms with van der Waals surface area (Å²) < 4.78 is 22.7. The number of benzene rings is 4. The van der Waals surface area contributed by atoms with Crippen LogP contribution in [0.15, 0.2) is 97.1 Å². The summed E-state index contributed by atoms with van der Waals surface area (Å²) in [6.07, 6.45) is 2.42. The monoisotopic (exact) mass is 579 g/mol. The zero-order chi connectivity index (χ0) is 30.0. The highest BCUT2D eigenvalue weighted by Gasteiger charge is 2.21. The number of hydrogen-bond donors (Lipinski definition) is 0. The van der Waals surface area contributed by atoms with Gasteiger partial charge in [0.2, 0.25) is 8.32 Å². The van der Waals surface area contributed by atoms with Crippen molar-refractivity contribution in [3.63, 3.8) is 0 Å². The number of hydrogen-bond acceptors (Lipinski definition) is 6. The van der Waals surface area contributed by atoms with Crippen LogP contribution in [0.2, 0.25) is 13.1 Å². The fourth-order valence-electron chi connectivity index (χ4n) is 4.23. The molecule has 7 heteroatoms. The van der Waals surface area contributed by atoms with Crippen LogP contribution >= 0.6 is 0 Å². The van der Waals surface area contributed by atoms with Crippen molar-refractivity contribution in [1.29, 1.82) is 5.26 Å². The topological polar surface area (TPSA) is 77.8 Å². The number of nitriles is 1. The Morgan fingerprint density at radius 2 is 1.33 bits per heavy atom. The van der Waals surface area contributed by atoms with Gasteiger partial charge in [0.25, 0.3) is 0 Å². The van der Waals surface area contributed by atoms with Crippen LogP contribution in [0.5, 0.6) is 17.2 Å². The fraction of sp³-hybridized carbons (Fsp3) is 0.257. The van der Waals surface area contributed by atoms with E-state index in [0.29, 0.717) is 41.4 Å². The number of ether oxygens (including phenoxy) is 3. The standard InChI is InChI=1S/C35H37NO5Si/c1-26(23-27-5-9-29(10-6-27)30-11-7-28(24-36)8-12-30)21-22-39-32-17-19-34(20-18-32)41-35(37)31-13-15-33(16-14-31)40-25-42(3,4)38-2/h5-20,26H,21-23,25H2,1-4H3. The summed E-state index contributed by atoms with van der Waals surface area (Å²) in [6.45, 7) is 6.99. The number of esters is 1. The highest BCUT2D eigenvalue weighted by Crippen LogP contribution is 2.23. The molecule has 42 heavy (non-hydrogen) atoms. The molecule has 0 aromatic heterocycles. The molecular formula is C35H37NO5Si. The number of nitrogens with zero attached hydrogens (tertiary/aromatic N) is 1. The highest BCUT2D eigenvalue weighted by molar-refractivity contribution is 6.71. The van der Waals surface area contributed by atoms with Gasteiger partial charge in [-0.15, -0.1) is 0 Å². The minimum absolute atomic E-state index is 0.430. The maximum atomic E-state index is 12.6. The minimum atomic E-state index is -1.83. The molecule has 0 N–H and O–H groups in total. The molecule has 0 saturated carbocycles. The molecule has 0 spiro atoms. The first kappa shape index (κ1) is 30.6. The lowest BCUT2D eigenvalue weighted by molar-refractivity contribution is 0.0734. The van der Waals surface area contributed by atoms with Gasteiger partial charge in [0.05, 0.1) is 23.8 Å². The van der Waals surface area contributed by atoms with Gasteiger partial charge in [-0.05, 0) is 109 Å². The van der Waals surface area contributed by atoms with Crippen molar-refractivity contribution < 1.29 is 23.4 Å². The zero-order valence-corrected chi connectivity index (χ0v) is 25.6. The lowest BCUT2D eigenvalue weighted by Gasteiger charge is -2.20. The second-order valence-corrected chi connectivity index (χ2v) is 15.2. The van der Waals surface area contributed by atoms with E-state index in [1.807, 2.05) is 36.4 Å². The Morgan fingerprint density at radius 3 is 1.93 bits per heavy atom. The van der Waals surface area contributed by atoms with Crippen LogP contribution < -0.4 is 14.2 Å². The Morgan fingerprint density at radius 1 is 0.786 bits per heavy atom. The third kappa shape index (κ3) is 9.07. The molecule has 0 saturated heterocycles. The summed E-state index contributed by atoms with van der Waals surface area (Å²) in [5.41, 5.74) is 4.64. The maximum absolute atomic E-state index is 12.6. The van der Waals surface area contributed by atoms with Gasteiger partial charge in [-0.1, -0.05) is 43.3 Å². The Balaban J connectivity index is 1.19. The van der Waals surface area contributed by atoms with E-state index < -0.39 is 14.3 Å². The second kappa shape index (κ2) is 14.5. The van der Waals surface area contributed by atoms with Crippen molar-refractivity contribution in [3.05, 3.63) is 114 Å². The predicted molar refractivity (Wildman–Crippen MR) is 167 cm³/mol. The van der Waals surface area contributed by atoms with E-state index in [1.165, 1.54) is 5.56 Å². The van der Waals surface area contributed by atoms with E-state index in [2.05, 4.69) is 50.4 Å². The normalized spacial score (nSPS) is 11.8. The molecule has 1 unspecified atom stereocenters. The SMILES string of the molecule is CO[Si](C)(C)COc1ccc(C(=O)Oc2ccc(OCCC(C)Cc3ccc(-c4ccc(C#N)cc4)cc3)cc2)cc1. The quantitative estimate of drug-likeness (QED) is 0.0911. The second-order valence-electron chi connectivity index (χ2n) is 11.0. The Hall–Kier alpha value is -4.38. The van der Waals surface area contributed by atoms with E-state index in [0.717, 1.165) is 29.7 Å². The first-order valence-electron chi connectivity index (χ1n) is 14.1. The number of carbonyl (C=O) groups is 1. The minimum Gasteiger partial charge on any atom is -0.494 e. The van der Waals surface area contributed by atoms with E-state index in [4.69, 9.17) is 23.9 Å². The van der Waals surface area contributed by atoms with Crippen LogP contribution in [-0.4, -0.2) is 34.2 Å². The maximum Gasteiger partial charge on any atom is 0.343 e. The van der Waals surface area contributed by atoms with Crippen molar-refractivity contribution in [2.24, 2.45) is 5.92 Å². The fourth-order valence-corrected chi connectivity index (χ4v) is 4.86. The zero-order valence-electron chi connectivity index (χ0n) is 24.6. The predicted octanol–water partition coefficient (Wildman–Crippen LogP) is 7.86. The number of rotatable bonds is 13. The van der Waals surface area contributed by atoms with Crippen LogP contribution in [0, 0.1) is 17.2 Å². The summed E-state index contributed by atoms with van der Waals surface area (Å²) in [4.78, 5) is 12.6. The summed E-state index contributed by atoms with van der Waals surface area (Å²) in [5.74, 6) is 1.91. The van der Waals surface area contributed by atoms with Gasteiger partial charge in [-0.2, -0.15) is 5.26 Å². The van der Waals surface area contributed by atoms with Crippen molar-refractivity contribution in [1.82, 2.24) is 0 Å². The van der Waals surface area contributed by atoms with E-state index >= 15 is 0 Å². The molecule has 216 valence electrons. The smallest absolute Gasteiger partial charge is 0.343 e. The summed E-state index contributed by atoms with van der Waals surface area (Å²) >= 11 is 0. The van der Waals surface area contributed by atoms with Crippen molar-refractivity contribution >= 4 is 14.3 Å². The van der Waals surface area contributed by atoms with Crippen LogP contribution in [0.1, 0.15) is 34.8 Å². The first-order chi connectivity index (χ1) is 20.2. The molecule has 0 aliphatic heterocycles. The molecule has 0 amide bonds. The van der Waals surface area contributed by atoms with Gasteiger partial charge < -0.3 is 18.6 Å². The Labute approximate surface area is 249 Å². The van der Waals surface area contributed by atoms with Gasteiger partial charge in [-0.25, -0.2) is 4.79 Å². The van der Waals surface area contributed by atoms with Gasteiger partial charge in [0.1, 0.15) is 23.5 Å². The number of carbonyl (C=O) groups excluding carboxylic acids is 1. The largest absolute Gasteiger partial charge is 0.494 e. The molecule has 0 fully saturated rings.